The van der Waals surface area contributed by atoms with Crippen LogP contribution in [0, 0.1) is 6.92 Å². The van der Waals surface area contributed by atoms with Gasteiger partial charge in [-0.15, -0.1) is 10.2 Å². The summed E-state index contributed by atoms with van der Waals surface area (Å²) in [5.41, 5.74) is 2.86. The second-order valence-corrected chi connectivity index (χ2v) is 5.23. The molecule has 1 heterocycles. The average Bonchev–Trinajstić information content (AvgIpc) is 2.73. The van der Waals surface area contributed by atoms with Gasteiger partial charge in [0.1, 0.15) is 5.51 Å². The number of benzene rings is 1. The fourth-order valence-electron chi connectivity index (χ4n) is 1.20. The fraction of sp³-hybridized carbons (Fsp3) is 0.100. The molecule has 1 aromatic carbocycles. The van der Waals surface area contributed by atoms with E-state index in [9.17, 15) is 4.79 Å². The van der Waals surface area contributed by atoms with E-state index in [-0.39, 0.29) is 0 Å². The minimum atomic E-state index is -0.921. The summed E-state index contributed by atoms with van der Waals surface area (Å²) < 4.78 is 0.742. The Labute approximate surface area is 100 Å². The minimum absolute atomic E-state index is 0.306. The summed E-state index contributed by atoms with van der Waals surface area (Å²) in [5, 5.41) is 16.7. The molecule has 0 aliphatic heterocycles. The molecule has 0 saturated carbocycles. The number of carboxylic acids is 1. The summed E-state index contributed by atoms with van der Waals surface area (Å²) in [5.74, 6) is -0.921. The largest absolute Gasteiger partial charge is 0.478 e. The van der Waals surface area contributed by atoms with Crippen LogP contribution in [0.5, 0.6) is 0 Å². The number of hydrogen-bond acceptors (Lipinski definition) is 5. The maximum atomic E-state index is 11.1. The van der Waals surface area contributed by atoms with E-state index in [1.807, 2.05) is 13.0 Å². The van der Waals surface area contributed by atoms with Gasteiger partial charge in [0.2, 0.25) is 0 Å². The van der Waals surface area contributed by atoms with Crippen molar-refractivity contribution in [3.8, 4) is 0 Å². The van der Waals surface area contributed by atoms with Crippen LogP contribution < -0.4 is 0 Å². The van der Waals surface area contributed by atoms with Crippen LogP contribution in [0.1, 0.15) is 15.9 Å². The van der Waals surface area contributed by atoms with Crippen LogP contribution in [0.4, 0.5) is 0 Å². The van der Waals surface area contributed by atoms with Crippen molar-refractivity contribution < 1.29 is 9.90 Å². The molecule has 2 aromatic rings. The van der Waals surface area contributed by atoms with Gasteiger partial charge in [0.05, 0.1) is 5.56 Å². The van der Waals surface area contributed by atoms with Crippen LogP contribution in [-0.4, -0.2) is 21.3 Å². The lowest BCUT2D eigenvalue weighted by molar-refractivity contribution is 0.0693. The van der Waals surface area contributed by atoms with Gasteiger partial charge in [0.15, 0.2) is 4.34 Å². The van der Waals surface area contributed by atoms with Crippen molar-refractivity contribution in [3.05, 3.63) is 34.8 Å². The molecule has 0 aliphatic carbocycles. The van der Waals surface area contributed by atoms with Gasteiger partial charge < -0.3 is 5.11 Å². The number of hydrogen-bond donors (Lipinski definition) is 1. The highest BCUT2D eigenvalue weighted by Gasteiger charge is 2.12. The molecule has 82 valence electrons. The maximum absolute atomic E-state index is 11.1. The fourth-order valence-corrected chi connectivity index (χ4v) is 2.74. The van der Waals surface area contributed by atoms with E-state index in [1.54, 1.807) is 17.6 Å². The number of aromatic nitrogens is 2. The van der Waals surface area contributed by atoms with E-state index in [2.05, 4.69) is 10.2 Å². The summed E-state index contributed by atoms with van der Waals surface area (Å²) in [6, 6.07) is 5.34. The van der Waals surface area contributed by atoms with Crippen molar-refractivity contribution in [1.29, 1.82) is 0 Å². The van der Waals surface area contributed by atoms with Crippen molar-refractivity contribution in [2.45, 2.75) is 16.2 Å². The average molecular weight is 252 g/mol. The molecule has 0 spiro atoms. The second kappa shape index (κ2) is 4.63. The summed E-state index contributed by atoms with van der Waals surface area (Å²) in [6.07, 6.45) is 0. The Balaban J connectivity index is 2.36. The van der Waals surface area contributed by atoms with E-state index in [1.165, 1.54) is 23.1 Å². The molecular weight excluding hydrogens is 244 g/mol. The van der Waals surface area contributed by atoms with Crippen LogP contribution in [0.15, 0.2) is 32.9 Å². The molecule has 0 bridgehead atoms. The van der Waals surface area contributed by atoms with Gasteiger partial charge in [-0.2, -0.15) is 0 Å². The zero-order valence-electron chi connectivity index (χ0n) is 8.38. The zero-order chi connectivity index (χ0) is 11.5. The number of carbonyl (C=O) groups is 1. The maximum Gasteiger partial charge on any atom is 0.336 e. The molecular formula is C10H8N2O2S2. The van der Waals surface area contributed by atoms with Crippen LogP contribution in [-0.2, 0) is 0 Å². The molecule has 0 amide bonds. The Hall–Kier alpha value is -1.40. The Morgan fingerprint density at radius 1 is 1.50 bits per heavy atom. The predicted octanol–water partition coefficient (Wildman–Crippen LogP) is 2.70. The van der Waals surface area contributed by atoms with Gasteiger partial charge in [0, 0.05) is 4.90 Å². The van der Waals surface area contributed by atoms with Crippen molar-refractivity contribution in [2.75, 3.05) is 0 Å². The van der Waals surface area contributed by atoms with Crippen molar-refractivity contribution in [3.63, 3.8) is 0 Å². The van der Waals surface area contributed by atoms with Gasteiger partial charge in [-0.1, -0.05) is 34.7 Å². The van der Waals surface area contributed by atoms with Gasteiger partial charge in [-0.25, -0.2) is 4.79 Å². The first kappa shape index (κ1) is 11.1. The first-order chi connectivity index (χ1) is 7.66. The number of carboxylic acid groups (broad SMARTS) is 1. The highest BCUT2D eigenvalue weighted by molar-refractivity contribution is 8.01. The van der Waals surface area contributed by atoms with Crippen molar-refractivity contribution in [1.82, 2.24) is 10.2 Å². The molecule has 1 aromatic heterocycles. The van der Waals surface area contributed by atoms with Crippen LogP contribution >= 0.6 is 23.1 Å². The first-order valence-corrected chi connectivity index (χ1v) is 6.14. The second-order valence-electron chi connectivity index (χ2n) is 3.11. The molecule has 0 radical (unpaired) electrons. The molecule has 0 unspecified atom stereocenters. The summed E-state index contributed by atoms with van der Waals surface area (Å²) in [6.45, 7) is 1.87. The molecule has 0 saturated heterocycles. The van der Waals surface area contributed by atoms with Crippen molar-refractivity contribution in [2.24, 2.45) is 0 Å². The molecule has 4 nitrogen and oxygen atoms in total. The van der Waals surface area contributed by atoms with Crippen LogP contribution in [0.3, 0.4) is 0 Å². The molecule has 0 fully saturated rings. The third-order valence-electron chi connectivity index (χ3n) is 1.90. The molecule has 16 heavy (non-hydrogen) atoms. The third kappa shape index (κ3) is 2.40. The number of rotatable bonds is 3. The van der Waals surface area contributed by atoms with E-state index in [4.69, 9.17) is 5.11 Å². The standard InChI is InChI=1S/C10H8N2O2S2/c1-6-2-3-8(7(4-6)9(13)14)16-10-12-11-5-15-10/h2-5H,1H3,(H,13,14). The van der Waals surface area contributed by atoms with Crippen LogP contribution in [0.2, 0.25) is 0 Å². The predicted molar refractivity (Wildman–Crippen MR) is 62.2 cm³/mol. The molecule has 2 rings (SSSR count). The lowest BCUT2D eigenvalue weighted by Crippen LogP contribution is -1.99. The Kier molecular flexibility index (Phi) is 3.21. The van der Waals surface area contributed by atoms with Gasteiger partial charge in [-0.05, 0) is 19.1 Å². The van der Waals surface area contributed by atoms with Gasteiger partial charge in [0.25, 0.3) is 0 Å². The van der Waals surface area contributed by atoms with Gasteiger partial charge >= 0.3 is 5.97 Å². The van der Waals surface area contributed by atoms with E-state index in [0.717, 1.165) is 9.90 Å². The number of nitrogens with zero attached hydrogens (tertiary/aromatic N) is 2. The van der Waals surface area contributed by atoms with Crippen LogP contribution in [0.25, 0.3) is 0 Å². The van der Waals surface area contributed by atoms with E-state index < -0.39 is 5.97 Å². The zero-order valence-corrected chi connectivity index (χ0v) is 10.0. The smallest absolute Gasteiger partial charge is 0.336 e. The van der Waals surface area contributed by atoms with E-state index >= 15 is 0 Å². The summed E-state index contributed by atoms with van der Waals surface area (Å²) in [7, 11) is 0. The summed E-state index contributed by atoms with van der Waals surface area (Å²) >= 11 is 2.71. The SMILES string of the molecule is Cc1ccc(Sc2nncs2)c(C(=O)O)c1. The highest BCUT2D eigenvalue weighted by atomic mass is 32.2. The highest BCUT2D eigenvalue weighted by Crippen LogP contribution is 2.31. The topological polar surface area (TPSA) is 63.1 Å². The molecule has 6 heteroatoms. The molecule has 0 atom stereocenters. The molecule has 0 aliphatic rings. The van der Waals surface area contributed by atoms with Gasteiger partial charge in [-0.3, -0.25) is 0 Å². The monoisotopic (exact) mass is 252 g/mol. The number of aryl methyl sites for hydroxylation is 1. The van der Waals surface area contributed by atoms with E-state index in [0.29, 0.717) is 10.5 Å². The quantitative estimate of drug-likeness (QED) is 0.910. The number of aromatic carboxylic acids is 1. The normalized spacial score (nSPS) is 10.3. The first-order valence-electron chi connectivity index (χ1n) is 4.45. The molecule has 1 N–H and O–H groups in total. The lowest BCUT2D eigenvalue weighted by atomic mass is 10.1. The Morgan fingerprint density at radius 3 is 2.94 bits per heavy atom. The van der Waals surface area contributed by atoms with Crippen molar-refractivity contribution >= 4 is 29.1 Å². The minimum Gasteiger partial charge on any atom is -0.478 e. The third-order valence-corrected chi connectivity index (χ3v) is 3.76. The summed E-state index contributed by atoms with van der Waals surface area (Å²) in [4.78, 5) is 11.7. The Bertz CT molecular complexity index is 512. The Morgan fingerprint density at radius 2 is 2.31 bits per heavy atom. The lowest BCUT2D eigenvalue weighted by Gasteiger charge is -2.04.